The van der Waals surface area contributed by atoms with Crippen molar-refractivity contribution in [2.45, 2.75) is 6.92 Å². The lowest BCUT2D eigenvalue weighted by Crippen LogP contribution is -2.35. The van der Waals surface area contributed by atoms with E-state index < -0.39 is 23.3 Å². The number of nitro groups is 1. The first-order valence-corrected chi connectivity index (χ1v) is 5.73. The summed E-state index contributed by atoms with van der Waals surface area (Å²) in [5, 5.41) is 19.5. The van der Waals surface area contributed by atoms with E-state index in [0.717, 1.165) is 11.0 Å². The van der Waals surface area contributed by atoms with Gasteiger partial charge in [0.05, 0.1) is 4.92 Å². The fraction of sp³-hybridized carbons (Fsp3) is 0.231. The van der Waals surface area contributed by atoms with E-state index in [1.807, 2.05) is 0 Å². The van der Waals surface area contributed by atoms with Crippen molar-refractivity contribution in [1.82, 2.24) is 4.90 Å². The van der Waals surface area contributed by atoms with Crippen molar-refractivity contribution in [1.29, 1.82) is 0 Å². The predicted molar refractivity (Wildman–Crippen MR) is 71.6 cm³/mol. The number of carbonyl (C=O) groups excluding carboxylic acids is 1. The Balaban J connectivity index is 3.13. The van der Waals surface area contributed by atoms with Gasteiger partial charge in [0.25, 0.3) is 11.6 Å². The molecular formula is C13H14N2O5. The highest BCUT2D eigenvalue weighted by atomic mass is 16.6. The van der Waals surface area contributed by atoms with E-state index in [1.165, 1.54) is 18.2 Å². The first kappa shape index (κ1) is 15.4. The third-order valence-corrected chi connectivity index (χ3v) is 2.48. The van der Waals surface area contributed by atoms with Crippen molar-refractivity contribution in [3.8, 4) is 0 Å². The van der Waals surface area contributed by atoms with E-state index in [9.17, 15) is 19.7 Å². The molecule has 0 spiro atoms. The van der Waals surface area contributed by atoms with Crippen LogP contribution >= 0.6 is 0 Å². The fourth-order valence-corrected chi connectivity index (χ4v) is 1.71. The predicted octanol–water partition coefficient (Wildman–Crippen LogP) is 1.62. The molecule has 7 nitrogen and oxygen atoms in total. The van der Waals surface area contributed by atoms with Crippen LogP contribution in [-0.2, 0) is 4.79 Å². The molecule has 106 valence electrons. The van der Waals surface area contributed by atoms with Crippen LogP contribution in [0.5, 0.6) is 0 Å². The molecule has 1 rings (SSSR count). The van der Waals surface area contributed by atoms with E-state index in [-0.39, 0.29) is 17.8 Å². The van der Waals surface area contributed by atoms with Gasteiger partial charge in [-0.2, -0.15) is 0 Å². The van der Waals surface area contributed by atoms with Gasteiger partial charge in [0.2, 0.25) is 0 Å². The molecule has 0 aromatic heterocycles. The third kappa shape index (κ3) is 3.91. The van der Waals surface area contributed by atoms with Crippen molar-refractivity contribution >= 4 is 17.6 Å². The van der Waals surface area contributed by atoms with Gasteiger partial charge in [-0.15, -0.1) is 6.58 Å². The van der Waals surface area contributed by atoms with E-state index in [1.54, 1.807) is 6.92 Å². The Kier molecular flexibility index (Phi) is 4.96. The lowest BCUT2D eigenvalue weighted by Gasteiger charge is -2.19. The lowest BCUT2D eigenvalue weighted by atomic mass is 10.1. The average Bonchev–Trinajstić information content (AvgIpc) is 2.36. The quantitative estimate of drug-likeness (QED) is 0.484. The molecule has 1 aromatic rings. The molecule has 0 saturated heterocycles. The van der Waals surface area contributed by atoms with Gasteiger partial charge < -0.3 is 10.0 Å². The Morgan fingerprint density at radius 1 is 1.45 bits per heavy atom. The first-order chi connectivity index (χ1) is 9.35. The molecule has 20 heavy (non-hydrogen) atoms. The number of hydrogen-bond donors (Lipinski definition) is 1. The lowest BCUT2D eigenvalue weighted by molar-refractivity contribution is -0.384. The Hall–Kier alpha value is -2.70. The van der Waals surface area contributed by atoms with E-state index in [4.69, 9.17) is 5.11 Å². The fourth-order valence-electron chi connectivity index (χ4n) is 1.71. The summed E-state index contributed by atoms with van der Waals surface area (Å²) in [7, 11) is 0. The molecule has 0 heterocycles. The average molecular weight is 278 g/mol. The summed E-state index contributed by atoms with van der Waals surface area (Å²) in [5.41, 5.74) is 0.429. The van der Waals surface area contributed by atoms with Gasteiger partial charge >= 0.3 is 5.97 Å². The topological polar surface area (TPSA) is 101 Å². The molecule has 0 bridgehead atoms. The number of aliphatic carboxylic acids is 1. The molecule has 0 atom stereocenters. The van der Waals surface area contributed by atoms with Crippen molar-refractivity contribution < 1.29 is 19.6 Å². The number of carboxylic acids is 1. The zero-order valence-corrected chi connectivity index (χ0v) is 10.9. The minimum atomic E-state index is -1.16. The number of hydrogen-bond acceptors (Lipinski definition) is 4. The van der Waals surface area contributed by atoms with E-state index >= 15 is 0 Å². The highest BCUT2D eigenvalue weighted by Gasteiger charge is 2.20. The second-order valence-corrected chi connectivity index (χ2v) is 4.18. The maximum absolute atomic E-state index is 12.2. The first-order valence-electron chi connectivity index (χ1n) is 5.73. The number of aryl methyl sites for hydroxylation is 1. The minimum Gasteiger partial charge on any atom is -0.480 e. The zero-order valence-electron chi connectivity index (χ0n) is 10.9. The molecule has 1 N–H and O–H groups in total. The maximum atomic E-state index is 12.2. The summed E-state index contributed by atoms with van der Waals surface area (Å²) in [5.74, 6) is -1.75. The van der Waals surface area contributed by atoms with Crippen LogP contribution in [0.3, 0.4) is 0 Å². The summed E-state index contributed by atoms with van der Waals surface area (Å²) >= 11 is 0. The Morgan fingerprint density at radius 2 is 2.10 bits per heavy atom. The van der Waals surface area contributed by atoms with Crippen molar-refractivity contribution in [2.75, 3.05) is 13.1 Å². The zero-order chi connectivity index (χ0) is 15.3. The highest BCUT2D eigenvalue weighted by Crippen LogP contribution is 2.18. The molecule has 0 radical (unpaired) electrons. The van der Waals surface area contributed by atoms with Gasteiger partial charge in [0.15, 0.2) is 0 Å². The van der Waals surface area contributed by atoms with Crippen LogP contribution < -0.4 is 0 Å². The van der Waals surface area contributed by atoms with Gasteiger partial charge in [-0.3, -0.25) is 19.7 Å². The SMILES string of the molecule is C=CCN(CC(=O)O)C(=O)c1cc(C)cc([N+](=O)[O-])c1. The number of rotatable bonds is 6. The molecule has 0 fully saturated rings. The summed E-state index contributed by atoms with van der Waals surface area (Å²) in [4.78, 5) is 34.1. The standard InChI is InChI=1S/C13H14N2O5/c1-3-4-14(8-12(16)17)13(18)10-5-9(2)6-11(7-10)15(19)20/h3,5-7H,1,4,8H2,2H3,(H,16,17). The molecule has 1 aromatic carbocycles. The van der Waals surface area contributed by atoms with Crippen LogP contribution in [-0.4, -0.2) is 39.9 Å². The summed E-state index contributed by atoms with van der Waals surface area (Å²) < 4.78 is 0. The van der Waals surface area contributed by atoms with Crippen LogP contribution in [0.2, 0.25) is 0 Å². The molecule has 7 heteroatoms. The number of carboxylic acid groups (broad SMARTS) is 1. The molecule has 0 unspecified atom stereocenters. The van der Waals surface area contributed by atoms with Crippen LogP contribution in [0.4, 0.5) is 5.69 Å². The molecule has 0 aliphatic heterocycles. The Bertz CT molecular complexity index is 568. The number of benzene rings is 1. The monoisotopic (exact) mass is 278 g/mol. The molecule has 0 saturated carbocycles. The number of amides is 1. The molecule has 0 aliphatic carbocycles. The van der Waals surface area contributed by atoms with Crippen molar-refractivity contribution in [3.63, 3.8) is 0 Å². The summed E-state index contributed by atoms with van der Waals surface area (Å²) in [6.45, 7) is 4.63. The normalized spacial score (nSPS) is 9.85. The highest BCUT2D eigenvalue weighted by molar-refractivity contribution is 5.96. The number of non-ortho nitro benzene ring substituents is 1. The number of carbonyl (C=O) groups is 2. The maximum Gasteiger partial charge on any atom is 0.323 e. The van der Waals surface area contributed by atoms with Gasteiger partial charge in [-0.1, -0.05) is 6.08 Å². The van der Waals surface area contributed by atoms with Gasteiger partial charge in [-0.05, 0) is 18.6 Å². The largest absolute Gasteiger partial charge is 0.480 e. The Labute approximate surface area is 115 Å². The third-order valence-electron chi connectivity index (χ3n) is 2.48. The van der Waals surface area contributed by atoms with Crippen LogP contribution in [0, 0.1) is 17.0 Å². The second-order valence-electron chi connectivity index (χ2n) is 4.18. The van der Waals surface area contributed by atoms with Gasteiger partial charge in [0, 0.05) is 24.2 Å². The van der Waals surface area contributed by atoms with Crippen LogP contribution in [0.25, 0.3) is 0 Å². The summed E-state index contributed by atoms with van der Waals surface area (Å²) in [6, 6.07) is 3.95. The van der Waals surface area contributed by atoms with Crippen molar-refractivity contribution in [3.05, 3.63) is 52.1 Å². The number of nitro benzene ring substituents is 1. The van der Waals surface area contributed by atoms with Crippen molar-refractivity contribution in [2.24, 2.45) is 0 Å². The number of nitrogens with zero attached hydrogens (tertiary/aromatic N) is 2. The van der Waals surface area contributed by atoms with E-state index in [2.05, 4.69) is 6.58 Å². The minimum absolute atomic E-state index is 0.0485. The molecule has 1 amide bonds. The van der Waals surface area contributed by atoms with Gasteiger partial charge in [0.1, 0.15) is 6.54 Å². The van der Waals surface area contributed by atoms with Gasteiger partial charge in [-0.25, -0.2) is 0 Å². The smallest absolute Gasteiger partial charge is 0.323 e. The molecule has 0 aliphatic rings. The van der Waals surface area contributed by atoms with E-state index in [0.29, 0.717) is 5.56 Å². The van der Waals surface area contributed by atoms with Crippen LogP contribution in [0.15, 0.2) is 30.9 Å². The summed E-state index contributed by atoms with van der Waals surface area (Å²) in [6.07, 6.45) is 1.39. The second kappa shape index (κ2) is 6.46. The van der Waals surface area contributed by atoms with Crippen LogP contribution in [0.1, 0.15) is 15.9 Å². The molecular weight excluding hydrogens is 264 g/mol. The Morgan fingerprint density at radius 3 is 2.60 bits per heavy atom.